The maximum absolute atomic E-state index is 10.1. The number of hydrogen-bond acceptors (Lipinski definition) is 2. The van der Waals surface area contributed by atoms with Crippen molar-refractivity contribution in [1.82, 2.24) is 0 Å². The number of aliphatic hydroxyl groups is 1. The van der Waals surface area contributed by atoms with Crippen LogP contribution < -0.4 is 5.32 Å². The Labute approximate surface area is 103 Å². The molecule has 2 nitrogen and oxygen atoms in total. The van der Waals surface area contributed by atoms with E-state index in [1.54, 1.807) is 0 Å². The average Bonchev–Trinajstić information content (AvgIpc) is 2.27. The molecule has 0 aliphatic carbocycles. The van der Waals surface area contributed by atoms with Gasteiger partial charge in [0, 0.05) is 6.54 Å². The summed E-state index contributed by atoms with van der Waals surface area (Å²) in [5.41, 5.74) is 1.37. The molecule has 0 spiro atoms. The molecule has 0 aromatic heterocycles. The van der Waals surface area contributed by atoms with Gasteiger partial charge >= 0.3 is 0 Å². The van der Waals surface area contributed by atoms with Gasteiger partial charge in [-0.2, -0.15) is 0 Å². The van der Waals surface area contributed by atoms with E-state index in [0.29, 0.717) is 11.6 Å². The number of rotatable bonds is 5. The van der Waals surface area contributed by atoms with Crippen LogP contribution in [0.15, 0.2) is 18.2 Å². The number of benzene rings is 1. The molecule has 1 rings (SSSR count). The molecule has 0 heterocycles. The van der Waals surface area contributed by atoms with Crippen molar-refractivity contribution in [3.8, 4) is 0 Å². The molecule has 0 saturated heterocycles. The smallest absolute Gasteiger partial charge is 0.0814 e. The van der Waals surface area contributed by atoms with Crippen LogP contribution in [0.3, 0.4) is 0 Å². The van der Waals surface area contributed by atoms with Crippen molar-refractivity contribution >= 4 is 17.3 Å². The van der Waals surface area contributed by atoms with Gasteiger partial charge < -0.3 is 10.4 Å². The minimum atomic E-state index is -0.645. The van der Waals surface area contributed by atoms with Crippen molar-refractivity contribution in [2.75, 3.05) is 11.9 Å². The molecule has 0 bridgehead atoms. The summed E-state index contributed by atoms with van der Waals surface area (Å²) in [6.45, 7) is 6.51. The fraction of sp³-hybridized carbons (Fsp3) is 0.538. The van der Waals surface area contributed by atoms with Gasteiger partial charge in [0.2, 0.25) is 0 Å². The highest BCUT2D eigenvalue weighted by atomic mass is 35.5. The van der Waals surface area contributed by atoms with Crippen LogP contribution in [0.25, 0.3) is 0 Å². The fourth-order valence-electron chi connectivity index (χ4n) is 1.52. The number of aryl methyl sites for hydroxylation is 1. The van der Waals surface area contributed by atoms with Gasteiger partial charge in [0.25, 0.3) is 0 Å². The first kappa shape index (κ1) is 13.3. The van der Waals surface area contributed by atoms with Crippen molar-refractivity contribution in [2.45, 2.75) is 39.2 Å². The third-order valence-corrected chi connectivity index (χ3v) is 3.36. The second-order valence-electron chi connectivity index (χ2n) is 4.27. The number of nitrogens with one attached hydrogen (secondary N) is 1. The predicted octanol–water partition coefficient (Wildman–Crippen LogP) is 3.61. The molecule has 0 amide bonds. The van der Waals surface area contributed by atoms with E-state index in [1.165, 1.54) is 0 Å². The van der Waals surface area contributed by atoms with Gasteiger partial charge in [0.15, 0.2) is 0 Å². The third-order valence-electron chi connectivity index (χ3n) is 3.05. The lowest BCUT2D eigenvalue weighted by atomic mass is 9.97. The molecule has 0 radical (unpaired) electrons. The van der Waals surface area contributed by atoms with Crippen LogP contribution in [0.2, 0.25) is 5.02 Å². The SMILES string of the molecule is CCC(O)(CC)CNc1ccc(C)cc1Cl. The Morgan fingerprint density at radius 1 is 1.31 bits per heavy atom. The highest BCUT2D eigenvalue weighted by Gasteiger charge is 2.21. The second-order valence-corrected chi connectivity index (χ2v) is 4.68. The predicted molar refractivity (Wildman–Crippen MR) is 70.2 cm³/mol. The van der Waals surface area contributed by atoms with Crippen molar-refractivity contribution in [1.29, 1.82) is 0 Å². The molecule has 0 aliphatic rings. The zero-order valence-corrected chi connectivity index (χ0v) is 10.9. The summed E-state index contributed by atoms with van der Waals surface area (Å²) in [5.74, 6) is 0. The number of halogens is 1. The highest BCUT2D eigenvalue weighted by molar-refractivity contribution is 6.33. The lowest BCUT2D eigenvalue weighted by Gasteiger charge is -2.26. The Hall–Kier alpha value is -0.730. The summed E-state index contributed by atoms with van der Waals surface area (Å²) >= 11 is 6.10. The Morgan fingerprint density at radius 3 is 2.44 bits per heavy atom. The summed E-state index contributed by atoms with van der Waals surface area (Å²) in [7, 11) is 0. The van der Waals surface area contributed by atoms with Gasteiger partial charge in [0.1, 0.15) is 0 Å². The molecule has 90 valence electrons. The van der Waals surface area contributed by atoms with Crippen LogP contribution in [0.4, 0.5) is 5.69 Å². The molecule has 0 fully saturated rings. The molecule has 0 aliphatic heterocycles. The summed E-state index contributed by atoms with van der Waals surface area (Å²) in [4.78, 5) is 0. The second kappa shape index (κ2) is 5.55. The number of hydrogen-bond donors (Lipinski definition) is 2. The topological polar surface area (TPSA) is 32.3 Å². The third kappa shape index (κ3) is 3.39. The van der Waals surface area contributed by atoms with Gasteiger partial charge in [-0.3, -0.25) is 0 Å². The summed E-state index contributed by atoms with van der Waals surface area (Å²) in [6.07, 6.45) is 1.47. The van der Waals surface area contributed by atoms with E-state index in [2.05, 4.69) is 5.32 Å². The fourth-order valence-corrected chi connectivity index (χ4v) is 1.83. The normalized spacial score (nSPS) is 11.6. The standard InChI is InChI=1S/C13H20ClNO/c1-4-13(16,5-2)9-15-12-7-6-10(3)8-11(12)14/h6-8,15-16H,4-5,9H2,1-3H3. The zero-order valence-electron chi connectivity index (χ0n) is 10.2. The van der Waals surface area contributed by atoms with Crippen molar-refractivity contribution in [2.24, 2.45) is 0 Å². The summed E-state index contributed by atoms with van der Waals surface area (Å²) in [6, 6.07) is 5.87. The molecule has 3 heteroatoms. The van der Waals surface area contributed by atoms with Crippen molar-refractivity contribution < 1.29 is 5.11 Å². The van der Waals surface area contributed by atoms with Crippen LogP contribution in [0.5, 0.6) is 0 Å². The molecule has 0 unspecified atom stereocenters. The molecule has 1 aromatic carbocycles. The Balaban J connectivity index is 2.67. The van der Waals surface area contributed by atoms with Gasteiger partial charge in [-0.1, -0.05) is 31.5 Å². The van der Waals surface area contributed by atoms with Gasteiger partial charge in [-0.25, -0.2) is 0 Å². The van der Waals surface area contributed by atoms with Gasteiger partial charge in [-0.15, -0.1) is 0 Å². The molecular weight excluding hydrogens is 222 g/mol. The van der Waals surface area contributed by atoms with E-state index in [-0.39, 0.29) is 0 Å². The summed E-state index contributed by atoms with van der Waals surface area (Å²) < 4.78 is 0. The summed E-state index contributed by atoms with van der Waals surface area (Å²) in [5, 5.41) is 14.0. The van der Waals surface area contributed by atoms with E-state index in [1.807, 2.05) is 39.0 Å². The first-order chi connectivity index (χ1) is 7.50. The molecule has 16 heavy (non-hydrogen) atoms. The van der Waals surface area contributed by atoms with E-state index in [0.717, 1.165) is 24.1 Å². The van der Waals surface area contributed by atoms with Crippen molar-refractivity contribution in [3.05, 3.63) is 28.8 Å². The van der Waals surface area contributed by atoms with Crippen LogP contribution in [0.1, 0.15) is 32.3 Å². The average molecular weight is 242 g/mol. The highest BCUT2D eigenvalue weighted by Crippen LogP contribution is 2.24. The molecule has 1 aromatic rings. The zero-order chi connectivity index (χ0) is 12.2. The van der Waals surface area contributed by atoms with Gasteiger partial charge in [0.05, 0.1) is 16.3 Å². The minimum Gasteiger partial charge on any atom is -0.388 e. The van der Waals surface area contributed by atoms with Crippen LogP contribution >= 0.6 is 11.6 Å². The lowest BCUT2D eigenvalue weighted by Crippen LogP contribution is -2.35. The molecular formula is C13H20ClNO. The largest absolute Gasteiger partial charge is 0.388 e. The number of anilines is 1. The van der Waals surface area contributed by atoms with Crippen LogP contribution in [0, 0.1) is 6.92 Å². The van der Waals surface area contributed by atoms with E-state index in [9.17, 15) is 5.11 Å². The quantitative estimate of drug-likeness (QED) is 0.826. The first-order valence-electron chi connectivity index (χ1n) is 5.73. The van der Waals surface area contributed by atoms with E-state index >= 15 is 0 Å². The van der Waals surface area contributed by atoms with E-state index < -0.39 is 5.60 Å². The monoisotopic (exact) mass is 241 g/mol. The molecule has 2 N–H and O–H groups in total. The van der Waals surface area contributed by atoms with E-state index in [4.69, 9.17) is 11.6 Å². The maximum atomic E-state index is 10.1. The lowest BCUT2D eigenvalue weighted by molar-refractivity contribution is 0.0457. The van der Waals surface area contributed by atoms with Gasteiger partial charge in [-0.05, 0) is 37.5 Å². The molecule has 0 saturated carbocycles. The minimum absolute atomic E-state index is 0.531. The van der Waals surface area contributed by atoms with Crippen LogP contribution in [-0.4, -0.2) is 17.3 Å². The Morgan fingerprint density at radius 2 is 1.94 bits per heavy atom. The molecule has 0 atom stereocenters. The Bertz CT molecular complexity index is 348. The van der Waals surface area contributed by atoms with Crippen molar-refractivity contribution in [3.63, 3.8) is 0 Å². The Kier molecular flexibility index (Phi) is 4.63. The first-order valence-corrected chi connectivity index (χ1v) is 6.11. The maximum Gasteiger partial charge on any atom is 0.0814 e. The van der Waals surface area contributed by atoms with Crippen LogP contribution in [-0.2, 0) is 0 Å².